The van der Waals surface area contributed by atoms with E-state index in [4.69, 9.17) is 22.0 Å². The molecule has 148 valence electrons. The molecule has 0 aliphatic heterocycles. The average Bonchev–Trinajstić information content (AvgIpc) is 3.13. The summed E-state index contributed by atoms with van der Waals surface area (Å²) in [5.74, 6) is 0. The number of hydrogen-bond donors (Lipinski definition) is 2. The van der Waals surface area contributed by atoms with Crippen LogP contribution in [0.1, 0.15) is 11.3 Å². The lowest BCUT2D eigenvalue weighted by Gasteiger charge is -2.10. The predicted molar refractivity (Wildman–Crippen MR) is 105 cm³/mol. The second kappa shape index (κ2) is 8.34. The van der Waals surface area contributed by atoms with Crippen LogP contribution >= 0.6 is 11.6 Å². The van der Waals surface area contributed by atoms with E-state index in [1.54, 1.807) is 24.3 Å². The smallest absolute Gasteiger partial charge is 0.404 e. The lowest BCUT2D eigenvalue weighted by atomic mass is 10.2. The van der Waals surface area contributed by atoms with Crippen LogP contribution in [0, 0.1) is 11.3 Å². The van der Waals surface area contributed by atoms with Crippen LogP contribution in [0.4, 0.5) is 4.79 Å². The van der Waals surface area contributed by atoms with Crippen molar-refractivity contribution >= 4 is 27.5 Å². The largest absolute Gasteiger partial charge is 0.465 e. The van der Waals surface area contributed by atoms with E-state index in [0.29, 0.717) is 16.4 Å². The molecule has 1 heterocycles. The number of carboxylic acid groups (broad SMARTS) is 1. The van der Waals surface area contributed by atoms with Gasteiger partial charge in [0.05, 0.1) is 32.9 Å². The Morgan fingerprint density at radius 1 is 1.21 bits per heavy atom. The topological polar surface area (TPSA) is 125 Å². The van der Waals surface area contributed by atoms with Crippen LogP contribution in [0.15, 0.2) is 64.5 Å². The van der Waals surface area contributed by atoms with Gasteiger partial charge in [-0.3, -0.25) is 0 Å². The summed E-state index contributed by atoms with van der Waals surface area (Å²) in [6.45, 7) is 0.0677. The third kappa shape index (κ3) is 4.39. The van der Waals surface area contributed by atoms with Gasteiger partial charge in [-0.25, -0.2) is 17.9 Å². The molecule has 0 aliphatic rings. The number of nitriles is 1. The van der Waals surface area contributed by atoms with E-state index < -0.39 is 15.9 Å². The number of para-hydroxylation sites is 1. The van der Waals surface area contributed by atoms with Crippen LogP contribution in [0.5, 0.6) is 0 Å². The SMILES string of the molecule is N#Cc1cccc(S(=O)(=O)c2cc(CCNC(=O)O)nn2-c2ccccc2Cl)c1. The maximum absolute atomic E-state index is 13.3. The minimum Gasteiger partial charge on any atom is -0.465 e. The van der Waals surface area contributed by atoms with Crippen molar-refractivity contribution in [3.05, 3.63) is 70.9 Å². The molecule has 8 nitrogen and oxygen atoms in total. The molecule has 0 atom stereocenters. The van der Waals surface area contributed by atoms with Crippen molar-refractivity contribution in [1.29, 1.82) is 5.26 Å². The second-order valence-electron chi connectivity index (χ2n) is 5.96. The van der Waals surface area contributed by atoms with Crippen LogP contribution in [-0.4, -0.2) is 35.9 Å². The summed E-state index contributed by atoms with van der Waals surface area (Å²) in [7, 11) is -4.03. The van der Waals surface area contributed by atoms with Crippen molar-refractivity contribution in [2.75, 3.05) is 6.54 Å². The van der Waals surface area contributed by atoms with Gasteiger partial charge in [-0.05, 0) is 36.4 Å². The van der Waals surface area contributed by atoms with E-state index in [-0.39, 0.29) is 28.5 Å². The molecule has 0 bridgehead atoms. The molecular formula is C19H15ClN4O4S. The molecule has 0 fully saturated rings. The molecule has 2 N–H and O–H groups in total. The first-order valence-corrected chi connectivity index (χ1v) is 10.2. The fraction of sp³-hybridized carbons (Fsp3) is 0.105. The number of rotatable bonds is 6. The molecule has 0 unspecified atom stereocenters. The molecule has 0 saturated heterocycles. The highest BCUT2D eigenvalue weighted by Gasteiger charge is 2.26. The Morgan fingerprint density at radius 3 is 2.66 bits per heavy atom. The van der Waals surface area contributed by atoms with Gasteiger partial charge < -0.3 is 10.4 Å². The standard InChI is InChI=1S/C19H15ClN4O4S/c20-16-6-1-2-7-17(16)24-18(11-14(23-24)8-9-22-19(25)26)29(27,28)15-5-3-4-13(10-15)12-21/h1-7,10-11,22H,8-9H2,(H,25,26). The van der Waals surface area contributed by atoms with Gasteiger partial charge in [0, 0.05) is 13.0 Å². The summed E-state index contributed by atoms with van der Waals surface area (Å²) in [5, 5.41) is 24.5. The highest BCUT2D eigenvalue weighted by Crippen LogP contribution is 2.28. The summed E-state index contributed by atoms with van der Waals surface area (Å²) in [4.78, 5) is 10.6. The third-order valence-electron chi connectivity index (χ3n) is 4.01. The lowest BCUT2D eigenvalue weighted by Crippen LogP contribution is -2.23. The molecule has 0 aliphatic carbocycles. The Balaban J connectivity index is 2.13. The first-order valence-electron chi connectivity index (χ1n) is 8.39. The number of nitrogens with zero attached hydrogens (tertiary/aromatic N) is 3. The van der Waals surface area contributed by atoms with Crippen molar-refractivity contribution in [3.63, 3.8) is 0 Å². The Labute approximate surface area is 171 Å². The van der Waals surface area contributed by atoms with Crippen LogP contribution in [0.3, 0.4) is 0 Å². The summed E-state index contributed by atoms with van der Waals surface area (Å²) in [5.41, 5.74) is 0.941. The predicted octanol–water partition coefficient (Wildman–Crippen LogP) is 3.04. The highest BCUT2D eigenvalue weighted by molar-refractivity contribution is 7.91. The minimum absolute atomic E-state index is 0.0556. The zero-order valence-electron chi connectivity index (χ0n) is 14.9. The van der Waals surface area contributed by atoms with Crippen LogP contribution < -0.4 is 5.32 Å². The first kappa shape index (κ1) is 20.4. The van der Waals surface area contributed by atoms with Gasteiger partial charge in [0.1, 0.15) is 0 Å². The summed E-state index contributed by atoms with van der Waals surface area (Å²) in [6, 6.07) is 15.6. The van der Waals surface area contributed by atoms with Gasteiger partial charge in [0.15, 0.2) is 5.03 Å². The minimum atomic E-state index is -4.03. The molecule has 2 aromatic carbocycles. The quantitative estimate of drug-likeness (QED) is 0.619. The van der Waals surface area contributed by atoms with Crippen molar-refractivity contribution in [3.8, 4) is 11.8 Å². The van der Waals surface area contributed by atoms with E-state index in [9.17, 15) is 13.2 Å². The lowest BCUT2D eigenvalue weighted by molar-refractivity contribution is 0.194. The van der Waals surface area contributed by atoms with Gasteiger partial charge in [0.25, 0.3) is 0 Å². The Bertz CT molecular complexity index is 1210. The molecule has 1 aromatic heterocycles. The van der Waals surface area contributed by atoms with E-state index in [2.05, 4.69) is 10.4 Å². The van der Waals surface area contributed by atoms with Gasteiger partial charge >= 0.3 is 6.09 Å². The Morgan fingerprint density at radius 2 is 1.97 bits per heavy atom. The third-order valence-corrected chi connectivity index (χ3v) is 6.05. The van der Waals surface area contributed by atoms with Crippen molar-refractivity contribution < 1.29 is 18.3 Å². The van der Waals surface area contributed by atoms with E-state index >= 15 is 0 Å². The molecule has 3 rings (SSSR count). The van der Waals surface area contributed by atoms with Crippen molar-refractivity contribution in [1.82, 2.24) is 15.1 Å². The molecule has 10 heteroatoms. The zero-order chi connectivity index (χ0) is 21.0. The number of aromatic nitrogens is 2. The number of sulfone groups is 1. The summed E-state index contributed by atoms with van der Waals surface area (Å²) < 4.78 is 27.8. The van der Waals surface area contributed by atoms with Crippen molar-refractivity contribution in [2.45, 2.75) is 16.3 Å². The van der Waals surface area contributed by atoms with E-state index in [1.165, 1.54) is 35.0 Å². The Hall–Kier alpha value is -3.35. The monoisotopic (exact) mass is 430 g/mol. The van der Waals surface area contributed by atoms with Gasteiger partial charge in [0.2, 0.25) is 9.84 Å². The number of halogens is 1. The van der Waals surface area contributed by atoms with Crippen molar-refractivity contribution in [2.24, 2.45) is 0 Å². The van der Waals surface area contributed by atoms with Crippen LogP contribution in [0.2, 0.25) is 5.02 Å². The molecule has 1 amide bonds. The first-order chi connectivity index (χ1) is 13.8. The molecule has 0 spiro atoms. The molecule has 3 aromatic rings. The summed E-state index contributed by atoms with van der Waals surface area (Å²) in [6.07, 6.45) is -0.999. The maximum Gasteiger partial charge on any atom is 0.404 e. The molecular weight excluding hydrogens is 416 g/mol. The number of nitrogens with one attached hydrogen (secondary N) is 1. The fourth-order valence-electron chi connectivity index (χ4n) is 2.67. The number of carbonyl (C=O) groups is 1. The Kier molecular flexibility index (Phi) is 5.87. The van der Waals surface area contributed by atoms with E-state index in [0.717, 1.165) is 0 Å². The van der Waals surface area contributed by atoms with Crippen LogP contribution in [-0.2, 0) is 16.3 Å². The number of benzene rings is 2. The second-order valence-corrected chi connectivity index (χ2v) is 8.27. The molecule has 0 saturated carbocycles. The normalized spacial score (nSPS) is 11.0. The van der Waals surface area contributed by atoms with Gasteiger partial charge in [-0.1, -0.05) is 29.8 Å². The van der Waals surface area contributed by atoms with Gasteiger partial charge in [-0.2, -0.15) is 10.4 Å². The number of amides is 1. The highest BCUT2D eigenvalue weighted by atomic mass is 35.5. The zero-order valence-corrected chi connectivity index (χ0v) is 16.5. The van der Waals surface area contributed by atoms with Gasteiger partial charge in [-0.15, -0.1) is 0 Å². The van der Waals surface area contributed by atoms with Crippen LogP contribution in [0.25, 0.3) is 5.69 Å². The molecule has 0 radical (unpaired) electrons. The molecule has 29 heavy (non-hydrogen) atoms. The summed E-state index contributed by atoms with van der Waals surface area (Å²) >= 11 is 6.24. The van der Waals surface area contributed by atoms with E-state index in [1.807, 2.05) is 6.07 Å². The maximum atomic E-state index is 13.3. The fourth-order valence-corrected chi connectivity index (χ4v) is 4.33. The number of hydrogen-bond acceptors (Lipinski definition) is 5. The average molecular weight is 431 g/mol.